The molecule has 3 nitrogen and oxygen atoms in total. The van der Waals surface area contributed by atoms with Crippen LogP contribution in [-0.4, -0.2) is 16.5 Å². The van der Waals surface area contributed by atoms with Gasteiger partial charge in [0.25, 0.3) is 0 Å². The lowest BCUT2D eigenvalue weighted by Crippen LogP contribution is -2.05. The van der Waals surface area contributed by atoms with E-state index >= 15 is 0 Å². The van der Waals surface area contributed by atoms with Crippen molar-refractivity contribution in [2.24, 2.45) is 0 Å². The number of aromatic nitrogens is 2. The summed E-state index contributed by atoms with van der Waals surface area (Å²) >= 11 is 1.72. The van der Waals surface area contributed by atoms with E-state index in [0.717, 1.165) is 29.6 Å². The highest BCUT2D eigenvalue weighted by atomic mass is 32.2. The lowest BCUT2D eigenvalue weighted by atomic mass is 10.2. The number of benzene rings is 1. The van der Waals surface area contributed by atoms with E-state index in [1.807, 2.05) is 0 Å². The molecule has 1 N–H and O–H groups in total. The molecule has 1 saturated carbocycles. The summed E-state index contributed by atoms with van der Waals surface area (Å²) in [6.45, 7) is 5.24. The largest absolute Gasteiger partial charge is 0.370 e. The van der Waals surface area contributed by atoms with Crippen LogP contribution in [0.5, 0.6) is 0 Å². The van der Waals surface area contributed by atoms with Crippen LogP contribution in [0.2, 0.25) is 0 Å². The van der Waals surface area contributed by atoms with Crippen LogP contribution in [0.15, 0.2) is 40.3 Å². The summed E-state index contributed by atoms with van der Waals surface area (Å²) in [5.74, 6) is 2.54. The average Bonchev–Trinajstić information content (AvgIpc) is 3.29. The van der Waals surface area contributed by atoms with Crippen molar-refractivity contribution in [3.63, 3.8) is 0 Å². The highest BCUT2D eigenvalue weighted by molar-refractivity contribution is 7.99. The Labute approximate surface area is 130 Å². The lowest BCUT2D eigenvalue weighted by molar-refractivity contribution is 0.868. The van der Waals surface area contributed by atoms with Gasteiger partial charge in [-0.25, -0.2) is 9.97 Å². The molecule has 1 heterocycles. The van der Waals surface area contributed by atoms with Gasteiger partial charge in [-0.2, -0.15) is 0 Å². The van der Waals surface area contributed by atoms with Crippen LogP contribution in [0.4, 0.5) is 5.82 Å². The topological polar surface area (TPSA) is 37.8 Å². The van der Waals surface area contributed by atoms with Crippen molar-refractivity contribution < 1.29 is 0 Å². The Kier molecular flexibility index (Phi) is 4.44. The number of nitrogens with zero attached hydrogens (tertiary/aromatic N) is 2. The van der Waals surface area contributed by atoms with Crippen molar-refractivity contribution in [2.75, 3.05) is 11.9 Å². The fourth-order valence-corrected chi connectivity index (χ4v) is 3.11. The van der Waals surface area contributed by atoms with E-state index in [2.05, 4.69) is 54.5 Å². The number of nitrogens with one attached hydrogen (secondary N) is 1. The van der Waals surface area contributed by atoms with Gasteiger partial charge in [-0.1, -0.05) is 36.4 Å². The predicted octanol–water partition coefficient (Wildman–Crippen LogP) is 4.64. The molecule has 1 aromatic heterocycles. The minimum Gasteiger partial charge on any atom is -0.370 e. The highest BCUT2D eigenvalue weighted by Gasteiger charge is 2.27. The van der Waals surface area contributed by atoms with Crippen molar-refractivity contribution in [3.8, 4) is 0 Å². The number of hydrogen-bond acceptors (Lipinski definition) is 4. The molecule has 1 aliphatic carbocycles. The van der Waals surface area contributed by atoms with Crippen molar-refractivity contribution >= 4 is 17.6 Å². The first kappa shape index (κ1) is 14.4. The van der Waals surface area contributed by atoms with Crippen LogP contribution in [0.25, 0.3) is 0 Å². The minimum absolute atomic E-state index is 0.574. The minimum atomic E-state index is 0.574. The van der Waals surface area contributed by atoms with Crippen LogP contribution in [0.3, 0.4) is 0 Å². The second-order valence-corrected chi connectivity index (χ2v) is 6.66. The Bertz CT molecular complexity index is 623. The molecule has 1 aliphatic rings. The molecular formula is C17H21N3S. The third-order valence-corrected chi connectivity index (χ3v) is 4.34. The first-order chi connectivity index (χ1) is 10.2. The summed E-state index contributed by atoms with van der Waals surface area (Å²) in [7, 11) is 0. The molecule has 21 heavy (non-hydrogen) atoms. The predicted molar refractivity (Wildman–Crippen MR) is 88.1 cm³/mol. The van der Waals surface area contributed by atoms with Gasteiger partial charge in [-0.3, -0.25) is 0 Å². The Balaban J connectivity index is 1.84. The maximum Gasteiger partial charge on any atom is 0.135 e. The summed E-state index contributed by atoms with van der Waals surface area (Å²) in [5.41, 5.74) is 1.28. The fraction of sp³-hybridized carbons (Fsp3) is 0.412. The van der Waals surface area contributed by atoms with Crippen molar-refractivity contribution in [1.29, 1.82) is 0 Å². The molecule has 4 heteroatoms. The van der Waals surface area contributed by atoms with Crippen molar-refractivity contribution in [3.05, 3.63) is 41.7 Å². The molecule has 0 unspecified atom stereocenters. The molecule has 2 aromatic rings. The summed E-state index contributed by atoms with van der Waals surface area (Å²) in [5, 5.41) is 4.43. The maximum absolute atomic E-state index is 4.74. The molecule has 1 fully saturated rings. The number of aryl methyl sites for hydroxylation is 1. The van der Waals surface area contributed by atoms with Gasteiger partial charge < -0.3 is 5.32 Å². The van der Waals surface area contributed by atoms with Crippen LogP contribution in [-0.2, 0) is 0 Å². The van der Waals surface area contributed by atoms with Gasteiger partial charge >= 0.3 is 0 Å². The van der Waals surface area contributed by atoms with E-state index in [0.29, 0.717) is 5.92 Å². The summed E-state index contributed by atoms with van der Waals surface area (Å²) < 4.78 is 0. The van der Waals surface area contributed by atoms with Gasteiger partial charge in [0.2, 0.25) is 0 Å². The normalized spacial score (nSPS) is 14.2. The van der Waals surface area contributed by atoms with E-state index in [1.165, 1.54) is 23.3 Å². The molecule has 0 amide bonds. The molecule has 0 radical (unpaired) electrons. The first-order valence-electron chi connectivity index (χ1n) is 7.62. The monoisotopic (exact) mass is 299 g/mol. The summed E-state index contributed by atoms with van der Waals surface area (Å²) in [6, 6.07) is 10.6. The molecular weight excluding hydrogens is 278 g/mol. The van der Waals surface area contributed by atoms with Crippen LogP contribution in [0, 0.1) is 6.92 Å². The van der Waals surface area contributed by atoms with Crippen molar-refractivity contribution in [2.45, 2.75) is 48.9 Å². The third-order valence-electron chi connectivity index (χ3n) is 3.43. The van der Waals surface area contributed by atoms with E-state index in [1.54, 1.807) is 11.8 Å². The van der Waals surface area contributed by atoms with Gasteiger partial charge in [-0.05, 0) is 38.3 Å². The first-order valence-corrected chi connectivity index (χ1v) is 8.43. The van der Waals surface area contributed by atoms with Gasteiger partial charge in [0.05, 0.1) is 0 Å². The third kappa shape index (κ3) is 3.97. The fourth-order valence-electron chi connectivity index (χ4n) is 2.16. The summed E-state index contributed by atoms with van der Waals surface area (Å²) in [4.78, 5) is 10.6. The van der Waals surface area contributed by atoms with Gasteiger partial charge in [-0.15, -0.1) is 0 Å². The molecule has 0 bridgehead atoms. The van der Waals surface area contributed by atoms with Crippen molar-refractivity contribution in [1.82, 2.24) is 9.97 Å². The zero-order chi connectivity index (χ0) is 14.7. The second kappa shape index (κ2) is 6.48. The SMILES string of the molecule is CCCNc1cc(Sc2cccc(C)c2)nc(C2CC2)n1. The number of rotatable bonds is 6. The smallest absolute Gasteiger partial charge is 0.135 e. The van der Waals surface area contributed by atoms with Gasteiger partial charge in [0.1, 0.15) is 16.7 Å². The molecule has 0 atom stereocenters. The van der Waals surface area contributed by atoms with Crippen LogP contribution < -0.4 is 5.32 Å². The molecule has 0 aliphatic heterocycles. The maximum atomic E-state index is 4.74. The molecule has 0 spiro atoms. The number of anilines is 1. The Hall–Kier alpha value is -1.55. The molecule has 110 valence electrons. The van der Waals surface area contributed by atoms with E-state index in [4.69, 9.17) is 4.98 Å². The summed E-state index contributed by atoms with van der Waals surface area (Å²) in [6.07, 6.45) is 3.56. The molecule has 1 aromatic carbocycles. The Morgan fingerprint density at radius 2 is 2.10 bits per heavy atom. The van der Waals surface area contributed by atoms with E-state index < -0.39 is 0 Å². The second-order valence-electron chi connectivity index (χ2n) is 5.57. The van der Waals surface area contributed by atoms with Crippen LogP contribution in [0.1, 0.15) is 43.5 Å². The zero-order valence-electron chi connectivity index (χ0n) is 12.6. The lowest BCUT2D eigenvalue weighted by Gasteiger charge is -2.09. The average molecular weight is 299 g/mol. The van der Waals surface area contributed by atoms with Gasteiger partial charge in [0.15, 0.2) is 0 Å². The number of hydrogen-bond donors (Lipinski definition) is 1. The van der Waals surface area contributed by atoms with E-state index in [-0.39, 0.29) is 0 Å². The highest BCUT2D eigenvalue weighted by Crippen LogP contribution is 2.39. The Morgan fingerprint density at radius 1 is 1.24 bits per heavy atom. The van der Waals surface area contributed by atoms with Gasteiger partial charge in [0, 0.05) is 23.4 Å². The van der Waals surface area contributed by atoms with E-state index in [9.17, 15) is 0 Å². The van der Waals surface area contributed by atoms with Crippen LogP contribution >= 0.6 is 11.8 Å². The molecule has 3 rings (SSSR count). The zero-order valence-corrected chi connectivity index (χ0v) is 13.4. The molecule has 0 saturated heterocycles. The Morgan fingerprint density at radius 3 is 2.81 bits per heavy atom. The quantitative estimate of drug-likeness (QED) is 0.789. The standard InChI is InChI=1S/C17H21N3S/c1-3-9-18-15-11-16(20-17(19-15)13-7-8-13)21-14-6-4-5-12(2)10-14/h4-6,10-11,13H,3,7-9H2,1-2H3,(H,18,19,20).